The third-order valence-corrected chi connectivity index (χ3v) is 5.32. The number of nitrogen functional groups attached to an aromatic ring is 1. The van der Waals surface area contributed by atoms with Crippen LogP contribution in [0.2, 0.25) is 0 Å². The van der Waals surface area contributed by atoms with Gasteiger partial charge < -0.3 is 16.0 Å². The molecule has 0 saturated carbocycles. The van der Waals surface area contributed by atoms with Gasteiger partial charge in [0, 0.05) is 34.4 Å². The van der Waals surface area contributed by atoms with E-state index in [2.05, 4.69) is 10.3 Å². The molecule has 4 rings (SSSR count). The van der Waals surface area contributed by atoms with Gasteiger partial charge in [0.2, 0.25) is 0 Å². The number of fused-ring (bicyclic) bond motifs is 1. The summed E-state index contributed by atoms with van der Waals surface area (Å²) in [5.41, 5.74) is 12.0. The number of amides is 2. The van der Waals surface area contributed by atoms with Crippen LogP contribution in [0.5, 0.6) is 0 Å². The fourth-order valence-corrected chi connectivity index (χ4v) is 3.65. The summed E-state index contributed by atoms with van der Waals surface area (Å²) >= 11 is 0. The number of hydrogen-bond acceptors (Lipinski definition) is 4. The average Bonchev–Trinajstić information content (AvgIpc) is 2.72. The van der Waals surface area contributed by atoms with Gasteiger partial charge in [-0.3, -0.25) is 10.4 Å². The zero-order chi connectivity index (χ0) is 20.5. The fourth-order valence-electron chi connectivity index (χ4n) is 3.65. The number of urea groups is 1. The number of benzene rings is 2. The Morgan fingerprint density at radius 3 is 2.69 bits per heavy atom. The van der Waals surface area contributed by atoms with Gasteiger partial charge in [-0.05, 0) is 49.2 Å². The number of carbonyl (C=O) groups excluding carboxylic acids is 1. The highest BCUT2D eigenvalue weighted by Gasteiger charge is 2.28. The Balaban J connectivity index is 1.68. The minimum atomic E-state index is -0.152. The molecule has 0 fully saturated rings. The van der Waals surface area contributed by atoms with Crippen molar-refractivity contribution >= 4 is 23.1 Å². The Hall–Kier alpha value is -3.67. The van der Waals surface area contributed by atoms with Crippen molar-refractivity contribution in [2.45, 2.75) is 26.4 Å². The predicted molar refractivity (Wildman–Crippen MR) is 115 cm³/mol. The molecule has 0 unspecified atom stereocenters. The lowest BCUT2D eigenvalue weighted by Crippen LogP contribution is -2.40. The third-order valence-electron chi connectivity index (χ3n) is 5.32. The fraction of sp³-hybridized carbons (Fsp3) is 0.174. The first-order chi connectivity index (χ1) is 13.9. The van der Waals surface area contributed by atoms with Crippen LogP contribution >= 0.6 is 0 Å². The van der Waals surface area contributed by atoms with Gasteiger partial charge in [0.05, 0.1) is 18.3 Å². The van der Waals surface area contributed by atoms with Gasteiger partial charge in [-0.2, -0.15) is 0 Å². The predicted octanol–water partition coefficient (Wildman–Crippen LogP) is 4.50. The van der Waals surface area contributed by atoms with Crippen molar-refractivity contribution in [2.24, 2.45) is 0 Å². The van der Waals surface area contributed by atoms with E-state index in [9.17, 15) is 4.79 Å². The molecule has 4 N–H and O–H groups in total. The van der Waals surface area contributed by atoms with Gasteiger partial charge in [0.15, 0.2) is 0 Å². The second kappa shape index (κ2) is 7.39. The van der Waals surface area contributed by atoms with E-state index >= 15 is 0 Å². The van der Waals surface area contributed by atoms with E-state index in [4.69, 9.17) is 11.1 Å². The molecule has 6 nitrogen and oxygen atoms in total. The molecule has 6 heteroatoms. The quantitative estimate of drug-likeness (QED) is 0.456. The van der Waals surface area contributed by atoms with E-state index in [1.54, 1.807) is 23.2 Å². The molecule has 0 spiro atoms. The molecular formula is C23H23N5O. The lowest BCUT2D eigenvalue weighted by atomic mass is 9.96. The molecule has 1 atom stereocenters. The maximum Gasteiger partial charge on any atom is 0.322 e. The van der Waals surface area contributed by atoms with E-state index in [1.807, 2.05) is 56.3 Å². The molecule has 146 valence electrons. The van der Waals surface area contributed by atoms with Crippen LogP contribution in [-0.2, 0) is 6.54 Å². The highest BCUT2D eigenvalue weighted by molar-refractivity contribution is 6.14. The zero-order valence-corrected chi connectivity index (χ0v) is 16.4. The molecule has 2 heterocycles. The Morgan fingerprint density at radius 2 is 1.97 bits per heavy atom. The van der Waals surface area contributed by atoms with Crippen molar-refractivity contribution < 1.29 is 4.79 Å². The monoisotopic (exact) mass is 385 g/mol. The normalized spacial score (nSPS) is 14.1. The molecule has 1 aliphatic rings. The Morgan fingerprint density at radius 1 is 1.21 bits per heavy atom. The average molecular weight is 385 g/mol. The molecule has 0 aliphatic carbocycles. The van der Waals surface area contributed by atoms with Crippen molar-refractivity contribution in [1.29, 1.82) is 5.41 Å². The van der Waals surface area contributed by atoms with Crippen LogP contribution in [0.25, 0.3) is 0 Å². The maximum absolute atomic E-state index is 12.7. The van der Waals surface area contributed by atoms with Crippen LogP contribution in [0.1, 0.15) is 40.9 Å². The number of nitrogens with two attached hydrogens (primary N) is 1. The minimum Gasteiger partial charge on any atom is -0.398 e. The highest BCUT2D eigenvalue weighted by atomic mass is 16.2. The van der Waals surface area contributed by atoms with Gasteiger partial charge in [0.1, 0.15) is 0 Å². The van der Waals surface area contributed by atoms with E-state index in [0.29, 0.717) is 29.2 Å². The second-order valence-corrected chi connectivity index (χ2v) is 7.30. The van der Waals surface area contributed by atoms with Gasteiger partial charge >= 0.3 is 6.03 Å². The molecule has 29 heavy (non-hydrogen) atoms. The van der Waals surface area contributed by atoms with Crippen LogP contribution in [0.4, 0.5) is 16.2 Å². The molecule has 0 bridgehead atoms. The lowest BCUT2D eigenvalue weighted by Gasteiger charge is -2.34. The standard InChI is InChI=1S/C23H23N5O/c1-14-10-17(8-9-26-14)22(25)19-11-18-13-28(15(2)16-6-4-3-5-7-16)23(29)27-21(18)12-20(19)24/h3-12,15,25H,13,24H2,1-2H3,(H,27,29)/t15-/m1/s1. The third kappa shape index (κ3) is 3.57. The van der Waals surface area contributed by atoms with Crippen molar-refractivity contribution in [1.82, 2.24) is 9.88 Å². The van der Waals surface area contributed by atoms with Gasteiger partial charge in [0.25, 0.3) is 0 Å². The lowest BCUT2D eigenvalue weighted by molar-refractivity contribution is 0.186. The topological polar surface area (TPSA) is 95.1 Å². The van der Waals surface area contributed by atoms with E-state index in [0.717, 1.165) is 22.4 Å². The summed E-state index contributed by atoms with van der Waals surface area (Å²) < 4.78 is 0. The van der Waals surface area contributed by atoms with Crippen LogP contribution < -0.4 is 11.1 Å². The number of nitrogens with one attached hydrogen (secondary N) is 2. The molecular weight excluding hydrogens is 362 g/mol. The number of hydrogen-bond donors (Lipinski definition) is 3. The summed E-state index contributed by atoms with van der Waals surface area (Å²) in [5.74, 6) is 0. The van der Waals surface area contributed by atoms with Crippen molar-refractivity contribution in [3.8, 4) is 0 Å². The Bertz CT molecular complexity index is 1090. The molecule has 1 aliphatic heterocycles. The summed E-state index contributed by atoms with van der Waals surface area (Å²) in [7, 11) is 0. The molecule has 3 aromatic rings. The van der Waals surface area contributed by atoms with Crippen LogP contribution in [0, 0.1) is 12.3 Å². The first-order valence-corrected chi connectivity index (χ1v) is 9.51. The molecule has 0 radical (unpaired) electrons. The molecule has 2 amide bonds. The number of pyridine rings is 1. The second-order valence-electron chi connectivity index (χ2n) is 7.30. The summed E-state index contributed by atoms with van der Waals surface area (Å²) in [5, 5.41) is 11.6. The van der Waals surface area contributed by atoms with Crippen molar-refractivity contribution in [3.05, 3.63) is 88.7 Å². The van der Waals surface area contributed by atoms with E-state index in [-0.39, 0.29) is 12.1 Å². The number of rotatable bonds is 4. The maximum atomic E-state index is 12.7. The molecule has 2 aromatic carbocycles. The summed E-state index contributed by atoms with van der Waals surface area (Å²) in [6, 6.07) is 17.0. The van der Waals surface area contributed by atoms with Gasteiger partial charge in [-0.15, -0.1) is 0 Å². The number of nitrogens with zero attached hydrogens (tertiary/aromatic N) is 2. The van der Waals surface area contributed by atoms with Crippen LogP contribution in [0.15, 0.2) is 60.8 Å². The Kier molecular flexibility index (Phi) is 4.76. The van der Waals surface area contributed by atoms with Gasteiger partial charge in [-0.25, -0.2) is 4.79 Å². The first-order valence-electron chi connectivity index (χ1n) is 9.51. The summed E-state index contributed by atoms with van der Waals surface area (Å²) in [4.78, 5) is 18.7. The van der Waals surface area contributed by atoms with E-state index in [1.165, 1.54) is 0 Å². The number of aromatic nitrogens is 1. The SMILES string of the molecule is Cc1cc(C(=N)c2cc3c(cc2N)NC(=O)N([C@H](C)c2ccccc2)C3)ccn1. The summed E-state index contributed by atoms with van der Waals surface area (Å²) in [6.07, 6.45) is 1.69. The van der Waals surface area contributed by atoms with Crippen molar-refractivity contribution in [3.63, 3.8) is 0 Å². The Labute approximate surface area is 169 Å². The zero-order valence-electron chi connectivity index (χ0n) is 16.4. The van der Waals surface area contributed by atoms with Gasteiger partial charge in [-0.1, -0.05) is 30.3 Å². The largest absolute Gasteiger partial charge is 0.398 e. The smallest absolute Gasteiger partial charge is 0.322 e. The van der Waals surface area contributed by atoms with E-state index < -0.39 is 0 Å². The van der Waals surface area contributed by atoms with Crippen LogP contribution in [-0.4, -0.2) is 21.6 Å². The highest BCUT2D eigenvalue weighted by Crippen LogP contribution is 2.33. The molecule has 1 aromatic heterocycles. The summed E-state index contributed by atoms with van der Waals surface area (Å²) in [6.45, 7) is 4.36. The molecule has 0 saturated heterocycles. The minimum absolute atomic E-state index is 0.0762. The van der Waals surface area contributed by atoms with Crippen molar-refractivity contribution in [2.75, 3.05) is 11.1 Å². The number of anilines is 2. The number of carbonyl (C=O) groups is 1. The first kappa shape index (κ1) is 18.7. The van der Waals surface area contributed by atoms with Crippen LogP contribution in [0.3, 0.4) is 0 Å². The number of aryl methyl sites for hydroxylation is 1.